The molecule has 0 aliphatic carbocycles. The highest BCUT2D eigenvalue weighted by molar-refractivity contribution is 5.75. The van der Waals surface area contributed by atoms with Crippen LogP contribution in [0.5, 0.6) is 0 Å². The highest BCUT2D eigenvalue weighted by Crippen LogP contribution is 1.38. The molecule has 0 rings (SSSR count). The zero-order chi connectivity index (χ0) is 3.58. The zero-order valence-electron chi connectivity index (χ0n) is 2.14. The zero-order valence-corrected chi connectivity index (χ0v) is 3.73. The van der Waals surface area contributed by atoms with E-state index in [-0.39, 0.29) is 22.8 Å². The molecule has 0 aromatic heterocycles. The van der Waals surface area contributed by atoms with Gasteiger partial charge in [0.2, 0.25) is 0 Å². The minimum Gasteiger partial charge on any atom is -0.412 e. The second-order valence-electron chi connectivity index (χ2n) is 0.201. The molecule has 0 atom stereocenters. The van der Waals surface area contributed by atoms with Crippen molar-refractivity contribution in [2.45, 2.75) is 0 Å². The lowest BCUT2D eigenvalue weighted by Crippen LogP contribution is -2.30. The largest absolute Gasteiger partial charge is 0.433 e. The fourth-order valence-corrected chi connectivity index (χ4v) is 0. The SMILES string of the molecule is O.[AlH3].[O-][Br+2]([O-])O. The first-order chi connectivity index (χ1) is 1.73. The van der Waals surface area contributed by atoms with E-state index in [9.17, 15) is 0 Å². The van der Waals surface area contributed by atoms with E-state index < -0.39 is 14.8 Å². The summed E-state index contributed by atoms with van der Waals surface area (Å²) in [7, 11) is 0. The number of hydrogen-bond acceptors (Lipinski definition) is 3. The number of halogens is 1. The Hall–Kier alpha value is 0.852. The monoisotopic (exact) mass is 176 g/mol. The van der Waals surface area contributed by atoms with Crippen molar-refractivity contribution in [2.75, 3.05) is 0 Å². The molecular formula is H6AlBrO4. The van der Waals surface area contributed by atoms with E-state index in [0.717, 1.165) is 0 Å². The summed E-state index contributed by atoms with van der Waals surface area (Å²) >= 11 is -3.40. The van der Waals surface area contributed by atoms with Gasteiger partial charge >= 0.3 is 14.8 Å². The van der Waals surface area contributed by atoms with Gasteiger partial charge in [-0.2, -0.15) is 0 Å². The third kappa shape index (κ3) is 99.1. The summed E-state index contributed by atoms with van der Waals surface area (Å²) in [6.45, 7) is 0. The molecule has 0 amide bonds. The maximum atomic E-state index is 8.63. The highest BCUT2D eigenvalue weighted by atomic mass is 80.0. The quantitative estimate of drug-likeness (QED) is 0.375. The fourth-order valence-electron chi connectivity index (χ4n) is 0. The van der Waals surface area contributed by atoms with E-state index in [2.05, 4.69) is 0 Å². The molecule has 0 saturated carbocycles. The van der Waals surface area contributed by atoms with E-state index in [0.29, 0.717) is 0 Å². The van der Waals surface area contributed by atoms with Crippen molar-refractivity contribution in [3.8, 4) is 0 Å². The maximum absolute atomic E-state index is 8.63. The van der Waals surface area contributed by atoms with E-state index >= 15 is 0 Å². The van der Waals surface area contributed by atoms with Crippen LogP contribution in [0, 0.1) is 14.8 Å². The molecule has 6 heavy (non-hydrogen) atoms. The lowest BCUT2D eigenvalue weighted by molar-refractivity contribution is -1.63. The smallest absolute Gasteiger partial charge is 0.412 e. The lowest BCUT2D eigenvalue weighted by atomic mass is 16.0. The van der Waals surface area contributed by atoms with E-state index in [1.807, 2.05) is 0 Å². The first kappa shape index (κ1) is 15.8. The molecule has 0 unspecified atom stereocenters. The van der Waals surface area contributed by atoms with Crippen molar-refractivity contribution in [3.05, 3.63) is 0 Å². The van der Waals surface area contributed by atoms with Crippen molar-refractivity contribution in [1.29, 1.82) is 0 Å². The Morgan fingerprint density at radius 2 is 1.33 bits per heavy atom. The summed E-state index contributed by atoms with van der Waals surface area (Å²) in [6, 6.07) is 0. The molecule has 0 radical (unpaired) electrons. The van der Waals surface area contributed by atoms with Crippen molar-refractivity contribution in [1.82, 2.24) is 0 Å². The number of rotatable bonds is 0. The predicted molar refractivity (Wildman–Crippen MR) is 15.8 cm³/mol. The molecule has 0 saturated heterocycles. The summed E-state index contributed by atoms with van der Waals surface area (Å²) in [4.78, 5) is 0. The minimum absolute atomic E-state index is 0. The maximum Gasteiger partial charge on any atom is 0.433 e. The second kappa shape index (κ2) is 9.29. The van der Waals surface area contributed by atoms with Gasteiger partial charge in [0, 0.05) is 0 Å². The molecule has 40 valence electrons. The average molecular weight is 177 g/mol. The van der Waals surface area contributed by atoms with Crippen LogP contribution in [0.2, 0.25) is 0 Å². The number of hydrogen-bond donors (Lipinski definition) is 1. The van der Waals surface area contributed by atoms with Crippen LogP contribution in [-0.4, -0.2) is 27.0 Å². The molecule has 6 heteroatoms. The van der Waals surface area contributed by atoms with Crippen molar-refractivity contribution >= 4 is 17.4 Å². The molecule has 0 aromatic rings. The normalized spacial score (nSPS) is 6.00. The molecule has 4 nitrogen and oxygen atoms in total. The van der Waals surface area contributed by atoms with Crippen LogP contribution in [0.4, 0.5) is 0 Å². The summed E-state index contributed by atoms with van der Waals surface area (Å²) in [5, 5.41) is 0. The minimum atomic E-state index is -3.40. The molecule has 3 N–H and O–H groups in total. The van der Waals surface area contributed by atoms with Crippen LogP contribution in [0.1, 0.15) is 0 Å². The van der Waals surface area contributed by atoms with Crippen LogP contribution < -0.4 is 8.40 Å². The summed E-state index contributed by atoms with van der Waals surface area (Å²) in [5.41, 5.74) is 0. The topological polar surface area (TPSA) is 97.9 Å². The third-order valence-corrected chi connectivity index (χ3v) is 0. The molecule has 0 fully saturated rings. The average Bonchev–Trinajstić information content (AvgIpc) is 0.811. The third-order valence-electron chi connectivity index (χ3n) is 0. The Labute approximate surface area is 50.7 Å². The van der Waals surface area contributed by atoms with E-state index in [4.69, 9.17) is 12.6 Å². The van der Waals surface area contributed by atoms with Gasteiger partial charge in [-0.15, -0.1) is 0 Å². The Kier molecular flexibility index (Phi) is 24.5. The molecule has 0 spiro atoms. The van der Waals surface area contributed by atoms with Crippen molar-refractivity contribution in [3.63, 3.8) is 0 Å². The van der Waals surface area contributed by atoms with Crippen LogP contribution >= 0.6 is 0 Å². The van der Waals surface area contributed by atoms with Gasteiger partial charge in [-0.3, -0.25) is 0 Å². The second-order valence-corrected chi connectivity index (χ2v) is 1.04. The van der Waals surface area contributed by atoms with Gasteiger partial charge in [0.1, 0.15) is 0 Å². The Bertz CT molecular complexity index is 12.3. The van der Waals surface area contributed by atoms with E-state index in [1.165, 1.54) is 0 Å². The van der Waals surface area contributed by atoms with Crippen LogP contribution in [0.25, 0.3) is 0 Å². The molecule has 0 aliphatic rings. The van der Waals surface area contributed by atoms with Gasteiger partial charge in [-0.1, -0.05) is 0 Å². The first-order valence-electron chi connectivity index (χ1n) is 0.478. The van der Waals surface area contributed by atoms with Gasteiger partial charge in [0.15, 0.2) is 17.4 Å². The van der Waals surface area contributed by atoms with Crippen LogP contribution in [0.3, 0.4) is 0 Å². The van der Waals surface area contributed by atoms with Gasteiger partial charge in [-0.05, 0) is 4.20 Å². The van der Waals surface area contributed by atoms with Gasteiger partial charge in [0.05, 0.1) is 0 Å². The molecule has 0 heterocycles. The Morgan fingerprint density at radius 3 is 1.33 bits per heavy atom. The molecule has 0 bridgehead atoms. The molecule has 0 aromatic carbocycles. The van der Waals surface area contributed by atoms with Gasteiger partial charge < -0.3 is 13.9 Å². The van der Waals surface area contributed by atoms with Crippen LogP contribution in [-0.2, 0) is 0 Å². The van der Waals surface area contributed by atoms with Crippen molar-refractivity contribution < 1.29 is 32.9 Å². The Balaban J connectivity index is -0.0000000450. The highest BCUT2D eigenvalue weighted by Gasteiger charge is 1.86. The summed E-state index contributed by atoms with van der Waals surface area (Å²) in [5.74, 6) is 0. The van der Waals surface area contributed by atoms with E-state index in [1.54, 1.807) is 0 Å². The fraction of sp³-hybridized carbons (Fsp3) is 0. The molecule has 0 aliphatic heterocycles. The van der Waals surface area contributed by atoms with Gasteiger partial charge in [0.25, 0.3) is 0 Å². The van der Waals surface area contributed by atoms with Crippen LogP contribution in [0.15, 0.2) is 0 Å². The summed E-state index contributed by atoms with van der Waals surface area (Å²) in [6.07, 6.45) is 0. The predicted octanol–water partition coefficient (Wildman–Crippen LogP) is -4.94. The standard InChI is InChI=1S/Al.BrHO3.H2O.3H/c;2-1(3)4;;;;/h;2H;1H2;;;. The van der Waals surface area contributed by atoms with Crippen molar-refractivity contribution in [2.24, 2.45) is 0 Å². The lowest BCUT2D eigenvalue weighted by Gasteiger charge is -1.69. The van der Waals surface area contributed by atoms with Gasteiger partial charge in [-0.25, -0.2) is 0 Å². The molecular weight excluding hydrogens is 171 g/mol. The Morgan fingerprint density at radius 1 is 1.33 bits per heavy atom. The summed E-state index contributed by atoms with van der Waals surface area (Å²) < 4.78 is 24.3. The first-order valence-corrected chi connectivity index (χ1v) is 2.48.